The minimum atomic E-state index is 0.117. The predicted molar refractivity (Wildman–Crippen MR) is 77.5 cm³/mol. The van der Waals surface area contributed by atoms with Gasteiger partial charge in [0.1, 0.15) is 0 Å². The summed E-state index contributed by atoms with van der Waals surface area (Å²) in [5.74, 6) is 0.718. The Morgan fingerprint density at radius 3 is 2.56 bits per heavy atom. The van der Waals surface area contributed by atoms with Crippen molar-refractivity contribution >= 4 is 40.7 Å². The molecule has 0 aromatic heterocycles. The molecule has 1 aromatic rings. The van der Waals surface area contributed by atoms with Crippen LogP contribution >= 0.6 is 34.8 Å². The lowest BCUT2D eigenvalue weighted by atomic mass is 10.2. The van der Waals surface area contributed by atoms with Crippen molar-refractivity contribution in [2.45, 2.75) is 25.8 Å². The third-order valence-electron chi connectivity index (χ3n) is 2.60. The standard InChI is InChI=1S/C13H16Cl3NO/c1-17(13(18)4-2-3-7-14)9-10-5-6-11(15)12(16)8-10/h5-6,8H,2-4,7,9H2,1H3. The number of benzene rings is 1. The molecule has 0 saturated heterocycles. The maximum atomic E-state index is 11.8. The number of rotatable bonds is 6. The van der Waals surface area contributed by atoms with Crippen LogP contribution in [-0.2, 0) is 11.3 Å². The van der Waals surface area contributed by atoms with E-state index in [0.29, 0.717) is 28.9 Å². The summed E-state index contributed by atoms with van der Waals surface area (Å²) in [5, 5.41) is 1.04. The number of alkyl halides is 1. The van der Waals surface area contributed by atoms with Crippen LogP contribution in [-0.4, -0.2) is 23.7 Å². The maximum absolute atomic E-state index is 11.8. The van der Waals surface area contributed by atoms with Crippen LogP contribution in [0.3, 0.4) is 0 Å². The minimum Gasteiger partial charge on any atom is -0.341 e. The molecule has 0 bridgehead atoms. The Morgan fingerprint density at radius 2 is 1.94 bits per heavy atom. The lowest BCUT2D eigenvalue weighted by Crippen LogP contribution is -2.25. The monoisotopic (exact) mass is 307 g/mol. The van der Waals surface area contributed by atoms with Crippen LogP contribution in [0.25, 0.3) is 0 Å². The first kappa shape index (κ1) is 15.6. The first-order chi connectivity index (χ1) is 8.54. The Kier molecular flexibility index (Phi) is 6.83. The van der Waals surface area contributed by atoms with E-state index in [0.717, 1.165) is 18.4 Å². The Bertz CT molecular complexity index is 409. The Balaban J connectivity index is 2.50. The molecule has 0 saturated carbocycles. The largest absolute Gasteiger partial charge is 0.341 e. The topological polar surface area (TPSA) is 20.3 Å². The molecule has 0 atom stereocenters. The fourth-order valence-electron chi connectivity index (χ4n) is 1.56. The number of nitrogens with zero attached hydrogens (tertiary/aromatic N) is 1. The van der Waals surface area contributed by atoms with E-state index < -0.39 is 0 Å². The second-order valence-electron chi connectivity index (χ2n) is 4.14. The van der Waals surface area contributed by atoms with E-state index in [1.807, 2.05) is 6.07 Å². The lowest BCUT2D eigenvalue weighted by molar-refractivity contribution is -0.130. The van der Waals surface area contributed by atoms with Gasteiger partial charge in [0.05, 0.1) is 10.0 Å². The van der Waals surface area contributed by atoms with E-state index in [4.69, 9.17) is 34.8 Å². The lowest BCUT2D eigenvalue weighted by Gasteiger charge is -2.17. The van der Waals surface area contributed by atoms with Crippen molar-refractivity contribution in [1.29, 1.82) is 0 Å². The third-order valence-corrected chi connectivity index (χ3v) is 3.61. The molecule has 1 amide bonds. The number of unbranched alkanes of at least 4 members (excludes halogenated alkanes) is 1. The van der Waals surface area contributed by atoms with Gasteiger partial charge < -0.3 is 4.90 Å². The summed E-state index contributed by atoms with van der Waals surface area (Å²) in [4.78, 5) is 13.5. The molecule has 0 unspecified atom stereocenters. The van der Waals surface area contributed by atoms with Gasteiger partial charge in [0.15, 0.2) is 0 Å². The molecule has 1 rings (SSSR count). The quantitative estimate of drug-likeness (QED) is 0.565. The van der Waals surface area contributed by atoms with Gasteiger partial charge in [-0.15, -0.1) is 11.6 Å². The normalized spacial score (nSPS) is 10.4. The number of amides is 1. The second kappa shape index (κ2) is 7.88. The summed E-state index contributed by atoms with van der Waals surface area (Å²) in [7, 11) is 1.78. The first-order valence-corrected chi connectivity index (χ1v) is 7.07. The average molecular weight is 309 g/mol. The Morgan fingerprint density at radius 1 is 1.22 bits per heavy atom. The minimum absolute atomic E-state index is 0.117. The summed E-state index contributed by atoms with van der Waals surface area (Å²) in [6.07, 6.45) is 2.23. The number of carbonyl (C=O) groups excluding carboxylic acids is 1. The third kappa shape index (κ3) is 5.05. The van der Waals surface area contributed by atoms with Crippen molar-refractivity contribution in [2.24, 2.45) is 0 Å². The molecule has 0 N–H and O–H groups in total. The smallest absolute Gasteiger partial charge is 0.222 e. The second-order valence-corrected chi connectivity index (χ2v) is 5.34. The highest BCUT2D eigenvalue weighted by Gasteiger charge is 2.09. The molecule has 0 heterocycles. The molecule has 5 heteroatoms. The highest BCUT2D eigenvalue weighted by Crippen LogP contribution is 2.23. The summed E-state index contributed by atoms with van der Waals surface area (Å²) < 4.78 is 0. The van der Waals surface area contributed by atoms with Gasteiger partial charge in [-0.2, -0.15) is 0 Å². The van der Waals surface area contributed by atoms with E-state index >= 15 is 0 Å². The van der Waals surface area contributed by atoms with Crippen LogP contribution in [0, 0.1) is 0 Å². The van der Waals surface area contributed by atoms with Gasteiger partial charge in [-0.25, -0.2) is 0 Å². The zero-order valence-electron chi connectivity index (χ0n) is 10.3. The first-order valence-electron chi connectivity index (χ1n) is 5.78. The summed E-state index contributed by atoms with van der Waals surface area (Å²) in [6, 6.07) is 5.40. The van der Waals surface area contributed by atoms with Gasteiger partial charge >= 0.3 is 0 Å². The van der Waals surface area contributed by atoms with E-state index in [9.17, 15) is 4.79 Å². The van der Waals surface area contributed by atoms with Crippen molar-refractivity contribution < 1.29 is 4.79 Å². The molecule has 0 aliphatic carbocycles. The van der Waals surface area contributed by atoms with Crippen molar-refractivity contribution in [1.82, 2.24) is 4.90 Å². The summed E-state index contributed by atoms with van der Waals surface area (Å²) in [5.41, 5.74) is 0.970. The van der Waals surface area contributed by atoms with Crippen molar-refractivity contribution in [3.05, 3.63) is 33.8 Å². The molecule has 0 aliphatic rings. The number of hydrogen-bond donors (Lipinski definition) is 0. The van der Waals surface area contributed by atoms with Crippen molar-refractivity contribution in [3.8, 4) is 0 Å². The van der Waals surface area contributed by atoms with Gasteiger partial charge in [-0.3, -0.25) is 4.79 Å². The fourth-order valence-corrected chi connectivity index (χ4v) is 2.07. The fraction of sp³-hybridized carbons (Fsp3) is 0.462. The van der Waals surface area contributed by atoms with Crippen LogP contribution in [0.4, 0.5) is 0 Å². The van der Waals surface area contributed by atoms with Gasteiger partial charge in [0.25, 0.3) is 0 Å². The van der Waals surface area contributed by atoms with E-state index in [2.05, 4.69) is 0 Å². The van der Waals surface area contributed by atoms with Crippen molar-refractivity contribution in [3.63, 3.8) is 0 Å². The molecule has 0 radical (unpaired) electrons. The van der Waals surface area contributed by atoms with Gasteiger partial charge in [-0.05, 0) is 30.5 Å². The highest BCUT2D eigenvalue weighted by atomic mass is 35.5. The average Bonchev–Trinajstić information content (AvgIpc) is 2.34. The molecule has 0 spiro atoms. The SMILES string of the molecule is CN(Cc1ccc(Cl)c(Cl)c1)C(=O)CCCCCl. The van der Waals surface area contributed by atoms with Crippen LogP contribution < -0.4 is 0 Å². The molecular formula is C13H16Cl3NO. The maximum Gasteiger partial charge on any atom is 0.222 e. The Hall–Kier alpha value is -0.440. The van der Waals surface area contributed by atoms with E-state index in [1.165, 1.54) is 0 Å². The van der Waals surface area contributed by atoms with E-state index in [-0.39, 0.29) is 5.91 Å². The van der Waals surface area contributed by atoms with Crippen LogP contribution in [0.5, 0.6) is 0 Å². The highest BCUT2D eigenvalue weighted by molar-refractivity contribution is 6.42. The van der Waals surface area contributed by atoms with Crippen molar-refractivity contribution in [2.75, 3.05) is 12.9 Å². The molecule has 1 aromatic carbocycles. The molecule has 0 fully saturated rings. The number of halogens is 3. The van der Waals surface area contributed by atoms with Crippen LogP contribution in [0.1, 0.15) is 24.8 Å². The zero-order chi connectivity index (χ0) is 13.5. The molecular weight excluding hydrogens is 293 g/mol. The summed E-state index contributed by atoms with van der Waals surface area (Å²) >= 11 is 17.3. The van der Waals surface area contributed by atoms with Crippen LogP contribution in [0.2, 0.25) is 10.0 Å². The number of carbonyl (C=O) groups is 1. The van der Waals surface area contributed by atoms with E-state index in [1.54, 1.807) is 24.1 Å². The van der Waals surface area contributed by atoms with Gasteiger partial charge in [0.2, 0.25) is 5.91 Å². The van der Waals surface area contributed by atoms with Gasteiger partial charge in [-0.1, -0.05) is 29.3 Å². The molecule has 0 aliphatic heterocycles. The molecule has 100 valence electrons. The molecule has 2 nitrogen and oxygen atoms in total. The zero-order valence-corrected chi connectivity index (χ0v) is 12.5. The van der Waals surface area contributed by atoms with Crippen LogP contribution in [0.15, 0.2) is 18.2 Å². The predicted octanol–water partition coefficient (Wildman–Crippen LogP) is 4.36. The Labute approximate surface area is 123 Å². The van der Waals surface area contributed by atoms with Gasteiger partial charge in [0, 0.05) is 25.9 Å². The number of hydrogen-bond acceptors (Lipinski definition) is 1. The summed E-state index contributed by atoms with van der Waals surface area (Å²) in [6.45, 7) is 0.538. The molecule has 18 heavy (non-hydrogen) atoms.